The third kappa shape index (κ3) is 4.15. The number of aryl methyl sites for hydroxylation is 1. The number of hydrogen-bond acceptors (Lipinski definition) is 5. The number of anilines is 1. The Morgan fingerprint density at radius 3 is 2.59 bits per heavy atom. The fourth-order valence-electron chi connectivity index (χ4n) is 2.74. The Balaban J connectivity index is 2.08. The van der Waals surface area contributed by atoms with Gasteiger partial charge in [0, 0.05) is 17.6 Å². The Bertz CT molecular complexity index is 971. The fraction of sp³-hybridized carbons (Fsp3) is 0.300. The van der Waals surface area contributed by atoms with Gasteiger partial charge in [0.2, 0.25) is 0 Å². The molecule has 5 nitrogen and oxygen atoms in total. The molecule has 0 saturated heterocycles. The number of carbonyl (C=O) groups is 1. The molecule has 0 fully saturated rings. The van der Waals surface area contributed by atoms with Gasteiger partial charge in [-0.3, -0.25) is 9.69 Å². The number of aromatic nitrogens is 1. The van der Waals surface area contributed by atoms with Gasteiger partial charge < -0.3 is 9.64 Å². The molecule has 1 heterocycles. The van der Waals surface area contributed by atoms with Crippen LogP contribution in [0.1, 0.15) is 15.9 Å². The Morgan fingerprint density at radius 1 is 1.19 bits per heavy atom. The van der Waals surface area contributed by atoms with Crippen molar-refractivity contribution < 1.29 is 9.53 Å². The lowest BCUT2D eigenvalue weighted by molar-refractivity contribution is 0.0984. The molecule has 1 amide bonds. The van der Waals surface area contributed by atoms with E-state index in [-0.39, 0.29) is 5.91 Å². The van der Waals surface area contributed by atoms with Crippen LogP contribution < -0.4 is 9.64 Å². The van der Waals surface area contributed by atoms with Crippen LogP contribution in [0.4, 0.5) is 5.13 Å². The molecule has 0 atom stereocenters. The number of halogens is 1. The minimum Gasteiger partial charge on any atom is -0.494 e. The van der Waals surface area contributed by atoms with Crippen LogP contribution in [0.15, 0.2) is 40.9 Å². The number of rotatable bonds is 6. The summed E-state index contributed by atoms with van der Waals surface area (Å²) in [6.07, 6.45) is 0. The summed E-state index contributed by atoms with van der Waals surface area (Å²) < 4.78 is 7.28. The Hall–Kier alpha value is -1.96. The fourth-order valence-corrected chi connectivity index (χ4v) is 4.27. The van der Waals surface area contributed by atoms with Gasteiger partial charge in [-0.25, -0.2) is 4.98 Å². The van der Waals surface area contributed by atoms with E-state index in [9.17, 15) is 4.79 Å². The molecule has 3 rings (SSSR count). The van der Waals surface area contributed by atoms with Crippen LogP contribution in [0.2, 0.25) is 0 Å². The van der Waals surface area contributed by atoms with Crippen LogP contribution >= 0.6 is 27.3 Å². The maximum Gasteiger partial charge on any atom is 0.261 e. The maximum absolute atomic E-state index is 13.3. The molecule has 0 radical (unpaired) electrons. The summed E-state index contributed by atoms with van der Waals surface area (Å²) >= 11 is 5.01. The summed E-state index contributed by atoms with van der Waals surface area (Å²) in [6.45, 7) is 3.33. The summed E-state index contributed by atoms with van der Waals surface area (Å²) in [4.78, 5) is 21.9. The average molecular weight is 448 g/mol. The number of methoxy groups -OCH3 is 1. The molecule has 1 aromatic heterocycles. The van der Waals surface area contributed by atoms with Crippen molar-refractivity contribution in [2.75, 3.05) is 39.2 Å². The van der Waals surface area contributed by atoms with Crippen molar-refractivity contribution in [3.05, 3.63) is 52.0 Å². The van der Waals surface area contributed by atoms with Crippen LogP contribution in [0.3, 0.4) is 0 Å². The third-order valence-electron chi connectivity index (χ3n) is 4.26. The molecule has 0 spiro atoms. The summed E-state index contributed by atoms with van der Waals surface area (Å²) in [7, 11) is 5.62. The molecule has 0 bridgehead atoms. The molecule has 2 aromatic carbocycles. The molecule has 3 aromatic rings. The lowest BCUT2D eigenvalue weighted by Crippen LogP contribution is -2.36. The van der Waals surface area contributed by atoms with Crippen molar-refractivity contribution in [3.8, 4) is 5.75 Å². The SMILES string of the molecule is COc1ccc(C)c2sc(N(CCN(C)C)C(=O)c3ccccc3Br)nc12. The highest BCUT2D eigenvalue weighted by Crippen LogP contribution is 2.37. The number of fused-ring (bicyclic) bond motifs is 1. The summed E-state index contributed by atoms with van der Waals surface area (Å²) in [6, 6.07) is 11.4. The summed E-state index contributed by atoms with van der Waals surface area (Å²) in [5, 5.41) is 0.681. The van der Waals surface area contributed by atoms with E-state index >= 15 is 0 Å². The number of hydrogen-bond donors (Lipinski definition) is 0. The van der Waals surface area contributed by atoms with E-state index in [0.717, 1.165) is 32.5 Å². The predicted octanol–water partition coefficient (Wildman–Crippen LogP) is 4.58. The molecular weight excluding hydrogens is 426 g/mol. The molecule has 7 heteroatoms. The van der Waals surface area contributed by atoms with Crippen LogP contribution in [-0.4, -0.2) is 50.1 Å². The molecule has 0 aliphatic rings. The van der Waals surface area contributed by atoms with Crippen molar-refractivity contribution in [2.24, 2.45) is 0 Å². The highest BCUT2D eigenvalue weighted by Gasteiger charge is 2.24. The van der Waals surface area contributed by atoms with Gasteiger partial charge in [-0.2, -0.15) is 0 Å². The van der Waals surface area contributed by atoms with Gasteiger partial charge in [-0.1, -0.05) is 29.5 Å². The highest BCUT2D eigenvalue weighted by molar-refractivity contribution is 9.10. The minimum atomic E-state index is -0.0694. The second-order valence-corrected chi connectivity index (χ2v) is 8.33. The minimum absolute atomic E-state index is 0.0694. The Kier molecular flexibility index (Phi) is 6.14. The first kappa shape index (κ1) is 19.8. The first-order valence-corrected chi connectivity index (χ1v) is 10.2. The first-order chi connectivity index (χ1) is 12.9. The number of benzene rings is 2. The Morgan fingerprint density at radius 2 is 1.93 bits per heavy atom. The Labute approximate surface area is 171 Å². The smallest absolute Gasteiger partial charge is 0.261 e. The van der Waals surface area contributed by atoms with E-state index in [2.05, 4.69) is 20.8 Å². The molecule has 0 saturated carbocycles. The molecule has 0 aliphatic heterocycles. The number of likely N-dealkylation sites (N-methyl/N-ethyl adjacent to an activating group) is 1. The number of amides is 1. The number of nitrogens with zero attached hydrogens (tertiary/aromatic N) is 3. The van der Waals surface area contributed by atoms with Gasteiger partial charge in [-0.05, 0) is 60.7 Å². The van der Waals surface area contributed by atoms with Crippen LogP contribution in [0.5, 0.6) is 5.75 Å². The number of thiazole rings is 1. The zero-order valence-electron chi connectivity index (χ0n) is 15.8. The quantitative estimate of drug-likeness (QED) is 0.554. The van der Waals surface area contributed by atoms with Crippen LogP contribution in [0.25, 0.3) is 10.2 Å². The highest BCUT2D eigenvalue weighted by atomic mass is 79.9. The van der Waals surface area contributed by atoms with E-state index in [1.54, 1.807) is 12.0 Å². The monoisotopic (exact) mass is 447 g/mol. The zero-order valence-corrected chi connectivity index (χ0v) is 18.2. The van der Waals surface area contributed by atoms with Gasteiger partial charge >= 0.3 is 0 Å². The number of carbonyl (C=O) groups excluding carboxylic acids is 1. The van der Waals surface area contributed by atoms with E-state index in [0.29, 0.717) is 17.2 Å². The van der Waals surface area contributed by atoms with E-state index in [1.165, 1.54) is 11.3 Å². The summed E-state index contributed by atoms with van der Waals surface area (Å²) in [5.41, 5.74) is 2.54. The van der Waals surface area contributed by atoms with Crippen LogP contribution in [0, 0.1) is 6.92 Å². The normalized spacial score (nSPS) is 11.2. The standard InChI is InChI=1S/C20H22BrN3O2S/c1-13-9-10-16(26-4)17-18(13)27-20(22-17)24(12-11-23(2)3)19(25)14-7-5-6-8-15(14)21/h5-10H,11-12H2,1-4H3. The summed E-state index contributed by atoms with van der Waals surface area (Å²) in [5.74, 6) is 0.652. The van der Waals surface area contributed by atoms with Crippen molar-refractivity contribution in [3.63, 3.8) is 0 Å². The van der Waals surface area contributed by atoms with Gasteiger partial charge in [0.05, 0.1) is 17.4 Å². The lowest BCUT2D eigenvalue weighted by atomic mass is 10.2. The third-order valence-corrected chi connectivity index (χ3v) is 6.17. The van der Waals surface area contributed by atoms with Gasteiger partial charge in [0.1, 0.15) is 11.3 Å². The van der Waals surface area contributed by atoms with Gasteiger partial charge in [-0.15, -0.1) is 0 Å². The van der Waals surface area contributed by atoms with Crippen LogP contribution in [-0.2, 0) is 0 Å². The molecule has 0 N–H and O–H groups in total. The topological polar surface area (TPSA) is 45.7 Å². The predicted molar refractivity (Wildman–Crippen MR) is 115 cm³/mol. The van der Waals surface area contributed by atoms with E-state index in [1.807, 2.05) is 57.4 Å². The van der Waals surface area contributed by atoms with Crippen molar-refractivity contribution in [1.82, 2.24) is 9.88 Å². The van der Waals surface area contributed by atoms with Gasteiger partial charge in [0.25, 0.3) is 5.91 Å². The number of ether oxygens (including phenoxy) is 1. The lowest BCUT2D eigenvalue weighted by Gasteiger charge is -2.22. The first-order valence-electron chi connectivity index (χ1n) is 8.57. The maximum atomic E-state index is 13.3. The molecule has 27 heavy (non-hydrogen) atoms. The van der Waals surface area contributed by atoms with Crippen molar-refractivity contribution in [2.45, 2.75) is 6.92 Å². The van der Waals surface area contributed by atoms with Gasteiger partial charge in [0.15, 0.2) is 5.13 Å². The largest absolute Gasteiger partial charge is 0.494 e. The second kappa shape index (κ2) is 8.37. The molecule has 0 unspecified atom stereocenters. The van der Waals surface area contributed by atoms with Crippen molar-refractivity contribution in [1.29, 1.82) is 0 Å². The second-order valence-electron chi connectivity index (χ2n) is 6.50. The average Bonchev–Trinajstić information content (AvgIpc) is 3.08. The van der Waals surface area contributed by atoms with E-state index < -0.39 is 0 Å². The molecular formula is C20H22BrN3O2S. The van der Waals surface area contributed by atoms with Crippen molar-refractivity contribution >= 4 is 48.5 Å². The zero-order chi connectivity index (χ0) is 19.6. The van der Waals surface area contributed by atoms with E-state index in [4.69, 9.17) is 9.72 Å². The molecule has 0 aliphatic carbocycles. The molecule has 142 valence electrons.